The molecule has 0 aliphatic rings. The molecule has 0 saturated carbocycles. The van der Waals surface area contributed by atoms with Gasteiger partial charge in [-0.25, -0.2) is 18.6 Å². The summed E-state index contributed by atoms with van der Waals surface area (Å²) in [6.07, 6.45) is 4.53. The molecule has 0 saturated heterocycles. The number of benzene rings is 1. The van der Waals surface area contributed by atoms with E-state index in [0.717, 1.165) is 16.9 Å². The third-order valence-electron chi connectivity index (χ3n) is 3.84. The van der Waals surface area contributed by atoms with Crippen LogP contribution in [0.25, 0.3) is 11.2 Å². The topological polar surface area (TPSA) is 86.9 Å². The molecule has 2 N–H and O–H groups in total. The number of rotatable bonds is 4. The zero-order valence-corrected chi connectivity index (χ0v) is 12.7. The number of hydrogen-bond donors (Lipinski definition) is 1. The van der Waals surface area contributed by atoms with Crippen LogP contribution in [0.3, 0.4) is 0 Å². The highest BCUT2D eigenvalue weighted by molar-refractivity contribution is 5.65. The lowest BCUT2D eigenvalue weighted by Gasteiger charge is -2.01. The van der Waals surface area contributed by atoms with Gasteiger partial charge in [0.05, 0.1) is 11.9 Å². The Morgan fingerprint density at radius 3 is 2.83 bits per heavy atom. The van der Waals surface area contributed by atoms with Gasteiger partial charge >= 0.3 is 0 Å². The second-order valence-corrected chi connectivity index (χ2v) is 5.37. The van der Waals surface area contributed by atoms with Crippen molar-refractivity contribution < 1.29 is 4.39 Å². The van der Waals surface area contributed by atoms with Gasteiger partial charge in [-0.05, 0) is 37.1 Å². The highest BCUT2D eigenvalue weighted by Crippen LogP contribution is 2.15. The van der Waals surface area contributed by atoms with Gasteiger partial charge in [0, 0.05) is 5.69 Å². The molecule has 0 atom stereocenters. The second-order valence-electron chi connectivity index (χ2n) is 5.37. The molecule has 24 heavy (non-hydrogen) atoms. The summed E-state index contributed by atoms with van der Waals surface area (Å²) in [5.41, 5.74) is 8.76. The maximum Gasteiger partial charge on any atom is 0.151 e. The summed E-state index contributed by atoms with van der Waals surface area (Å²) in [6, 6.07) is 10.3. The lowest BCUT2D eigenvalue weighted by Crippen LogP contribution is -2.03. The Morgan fingerprint density at radius 1 is 1.08 bits per heavy atom. The van der Waals surface area contributed by atoms with Gasteiger partial charge in [-0.2, -0.15) is 5.10 Å². The van der Waals surface area contributed by atoms with Crippen molar-refractivity contribution >= 4 is 11.3 Å². The van der Waals surface area contributed by atoms with E-state index in [1.807, 2.05) is 12.1 Å². The van der Waals surface area contributed by atoms with Crippen LogP contribution in [-0.4, -0.2) is 29.6 Å². The lowest BCUT2D eigenvalue weighted by molar-refractivity contribution is 0.607. The van der Waals surface area contributed by atoms with Crippen LogP contribution in [0.5, 0.6) is 0 Å². The van der Waals surface area contributed by atoms with Crippen LogP contribution in [0.1, 0.15) is 11.4 Å². The van der Waals surface area contributed by atoms with Gasteiger partial charge in [-0.1, -0.05) is 17.3 Å². The molecular weight excluding hydrogens is 309 g/mol. The average molecular weight is 323 g/mol. The van der Waals surface area contributed by atoms with Gasteiger partial charge in [0.2, 0.25) is 0 Å². The third-order valence-corrected chi connectivity index (χ3v) is 3.84. The number of para-hydroxylation sites is 1. The molecule has 0 aliphatic heterocycles. The van der Waals surface area contributed by atoms with Gasteiger partial charge < -0.3 is 5.73 Å². The van der Waals surface area contributed by atoms with Crippen molar-refractivity contribution in [2.45, 2.75) is 12.8 Å². The number of halogens is 1. The first-order chi connectivity index (χ1) is 11.7. The van der Waals surface area contributed by atoms with Gasteiger partial charge in [0.15, 0.2) is 5.82 Å². The highest BCUT2D eigenvalue weighted by Gasteiger charge is 2.10. The Kier molecular flexibility index (Phi) is 3.42. The average Bonchev–Trinajstić information content (AvgIpc) is 3.21. The van der Waals surface area contributed by atoms with E-state index in [9.17, 15) is 4.39 Å². The molecule has 4 aromatic rings. The fourth-order valence-corrected chi connectivity index (χ4v) is 2.62. The Balaban J connectivity index is 1.54. The number of nitrogens with zero attached hydrogens (tertiary/aromatic N) is 6. The van der Waals surface area contributed by atoms with Crippen LogP contribution < -0.4 is 5.73 Å². The monoisotopic (exact) mass is 323 g/mol. The number of nitrogens with two attached hydrogens (primary N) is 1. The van der Waals surface area contributed by atoms with E-state index >= 15 is 0 Å². The van der Waals surface area contributed by atoms with Crippen molar-refractivity contribution in [2.75, 3.05) is 5.73 Å². The summed E-state index contributed by atoms with van der Waals surface area (Å²) in [5, 5.41) is 12.3. The molecule has 0 unspecified atom stereocenters. The first-order valence-electron chi connectivity index (χ1n) is 7.45. The summed E-state index contributed by atoms with van der Waals surface area (Å²) in [6.45, 7) is 0. The fraction of sp³-hybridized carbons (Fsp3) is 0.125. The SMILES string of the molecule is Nc1ncnn2c(CCc3cn(-c4ccccc4F)nn3)ccc12. The molecule has 120 valence electrons. The Bertz CT molecular complexity index is 1000. The van der Waals surface area contributed by atoms with Crippen molar-refractivity contribution in [3.05, 3.63) is 66.1 Å². The number of aromatic nitrogens is 6. The van der Waals surface area contributed by atoms with Crippen molar-refractivity contribution in [1.29, 1.82) is 0 Å². The minimum Gasteiger partial charge on any atom is -0.382 e. The van der Waals surface area contributed by atoms with Crippen molar-refractivity contribution in [2.24, 2.45) is 0 Å². The third kappa shape index (κ3) is 2.47. The second kappa shape index (κ2) is 5.73. The molecule has 4 rings (SSSR count). The largest absolute Gasteiger partial charge is 0.382 e. The number of fused-ring (bicyclic) bond motifs is 1. The highest BCUT2D eigenvalue weighted by atomic mass is 19.1. The molecular formula is C16H14FN7. The van der Waals surface area contributed by atoms with E-state index in [0.29, 0.717) is 24.3 Å². The van der Waals surface area contributed by atoms with E-state index in [1.165, 1.54) is 17.1 Å². The minimum atomic E-state index is -0.335. The molecule has 3 heterocycles. The van der Waals surface area contributed by atoms with Crippen LogP contribution in [0.2, 0.25) is 0 Å². The molecule has 7 nitrogen and oxygen atoms in total. The molecule has 0 amide bonds. The molecule has 0 radical (unpaired) electrons. The number of aryl methyl sites for hydroxylation is 2. The Hall–Kier alpha value is -3.29. The summed E-state index contributed by atoms with van der Waals surface area (Å²) in [7, 11) is 0. The zero-order chi connectivity index (χ0) is 16.5. The van der Waals surface area contributed by atoms with Gasteiger partial charge in [-0.3, -0.25) is 0 Å². The molecule has 0 bridgehead atoms. The first kappa shape index (κ1) is 14.3. The predicted molar refractivity (Wildman–Crippen MR) is 86.1 cm³/mol. The molecule has 8 heteroatoms. The lowest BCUT2D eigenvalue weighted by atomic mass is 10.2. The summed E-state index contributed by atoms with van der Waals surface area (Å²) >= 11 is 0. The van der Waals surface area contributed by atoms with Crippen LogP contribution in [-0.2, 0) is 12.8 Å². The van der Waals surface area contributed by atoms with E-state index < -0.39 is 0 Å². The van der Waals surface area contributed by atoms with Gasteiger partial charge in [0.1, 0.15) is 23.3 Å². The smallest absolute Gasteiger partial charge is 0.151 e. The number of anilines is 1. The predicted octanol–water partition coefficient (Wildman–Crippen LogP) is 1.82. The minimum absolute atomic E-state index is 0.335. The van der Waals surface area contributed by atoms with E-state index in [4.69, 9.17) is 5.73 Å². The summed E-state index contributed by atoms with van der Waals surface area (Å²) in [5.74, 6) is 0.112. The van der Waals surface area contributed by atoms with E-state index in [1.54, 1.807) is 28.9 Å². The maximum atomic E-state index is 13.8. The van der Waals surface area contributed by atoms with E-state index in [2.05, 4.69) is 20.4 Å². The summed E-state index contributed by atoms with van der Waals surface area (Å²) < 4.78 is 17.0. The normalized spacial score (nSPS) is 11.2. The Labute approximate surface area is 136 Å². The van der Waals surface area contributed by atoms with Gasteiger partial charge in [0.25, 0.3) is 0 Å². The molecule has 1 aromatic carbocycles. The van der Waals surface area contributed by atoms with Crippen LogP contribution in [0.4, 0.5) is 10.2 Å². The van der Waals surface area contributed by atoms with E-state index in [-0.39, 0.29) is 5.82 Å². The first-order valence-corrected chi connectivity index (χ1v) is 7.45. The summed E-state index contributed by atoms with van der Waals surface area (Å²) in [4.78, 5) is 3.97. The molecule has 3 aromatic heterocycles. The van der Waals surface area contributed by atoms with Crippen LogP contribution in [0, 0.1) is 5.82 Å². The van der Waals surface area contributed by atoms with Gasteiger partial charge in [-0.15, -0.1) is 5.10 Å². The Morgan fingerprint density at radius 2 is 1.96 bits per heavy atom. The van der Waals surface area contributed by atoms with Crippen molar-refractivity contribution in [3.8, 4) is 5.69 Å². The van der Waals surface area contributed by atoms with Crippen LogP contribution >= 0.6 is 0 Å². The fourth-order valence-electron chi connectivity index (χ4n) is 2.62. The van der Waals surface area contributed by atoms with Crippen LogP contribution in [0.15, 0.2) is 48.9 Å². The molecule has 0 aliphatic carbocycles. The number of hydrogen-bond acceptors (Lipinski definition) is 5. The molecule has 0 spiro atoms. The maximum absolute atomic E-state index is 13.8. The zero-order valence-electron chi connectivity index (χ0n) is 12.7. The standard InChI is InChI=1S/C16H14FN7/c17-13-3-1-2-4-14(13)23-9-11(21-22-23)5-6-12-7-8-15-16(18)19-10-20-24(12)15/h1-4,7-10H,5-6H2,(H2,18,19,20). The van der Waals surface area contributed by atoms with Crippen molar-refractivity contribution in [1.82, 2.24) is 29.6 Å². The molecule has 0 fully saturated rings. The quantitative estimate of drug-likeness (QED) is 0.619. The number of nitrogen functional groups attached to an aromatic ring is 1. The van der Waals surface area contributed by atoms with Crippen molar-refractivity contribution in [3.63, 3.8) is 0 Å².